The highest BCUT2D eigenvalue weighted by atomic mass is 35.5. The van der Waals surface area contributed by atoms with Gasteiger partial charge >= 0.3 is 10.6 Å². The molecule has 0 aliphatic carbocycles. The first-order valence-corrected chi connectivity index (χ1v) is 14.3. The molecule has 0 spiro atoms. The molecule has 5 rings (SSSR count). The molecule has 2 aromatic carbocycles. The number of anilines is 1. The van der Waals surface area contributed by atoms with E-state index in [9.17, 15) is 19.8 Å². The van der Waals surface area contributed by atoms with E-state index in [2.05, 4.69) is 17.1 Å². The monoisotopic (exact) mass is 553 g/mol. The number of ether oxygens (including phenoxy) is 1. The second-order valence-electron chi connectivity index (χ2n) is 9.15. The van der Waals surface area contributed by atoms with E-state index in [0.717, 1.165) is 42.6 Å². The number of hydrogen-bond acceptors (Lipinski definition) is 6. The number of unbranched alkanes of at least 4 members (excludes halogenated alkanes) is 1. The molecule has 0 amide bonds. The van der Waals surface area contributed by atoms with Crippen molar-refractivity contribution in [3.63, 3.8) is 0 Å². The summed E-state index contributed by atoms with van der Waals surface area (Å²) in [5.41, 5.74) is 3.90. The van der Waals surface area contributed by atoms with Crippen molar-refractivity contribution < 1.29 is 24.5 Å². The molecule has 8 nitrogen and oxygen atoms in total. The van der Waals surface area contributed by atoms with E-state index in [1.54, 1.807) is 18.3 Å². The second kappa shape index (κ2) is 11.0. The number of hydrogen-bond donors (Lipinski definition) is 2. The maximum Gasteiger partial charge on any atom is 0.393 e. The molecule has 0 radical (unpaired) electrons. The van der Waals surface area contributed by atoms with E-state index >= 15 is 0 Å². The van der Waals surface area contributed by atoms with Crippen molar-refractivity contribution in [2.45, 2.75) is 38.2 Å². The summed E-state index contributed by atoms with van der Waals surface area (Å²) in [4.78, 5) is 28.7. The minimum absolute atomic E-state index is 0.0716. The molecule has 1 unspecified atom stereocenters. The lowest BCUT2D eigenvalue weighted by Crippen LogP contribution is -2.39. The molecule has 3 aromatic rings. The molecule has 0 bridgehead atoms. The van der Waals surface area contributed by atoms with Crippen LogP contribution < -0.4 is 9.04 Å². The van der Waals surface area contributed by atoms with Gasteiger partial charge in [0.2, 0.25) is 0 Å². The van der Waals surface area contributed by atoms with Crippen LogP contribution in [0.3, 0.4) is 0 Å². The van der Waals surface area contributed by atoms with Crippen LogP contribution in [0.2, 0.25) is 5.02 Å². The summed E-state index contributed by atoms with van der Waals surface area (Å²) in [5.74, 6) is 0.898. The molecule has 0 saturated carbocycles. The minimum Gasteiger partial charge on any atom is -0.490 e. The number of aryl methyl sites for hydroxylation is 1. The highest BCUT2D eigenvalue weighted by Crippen LogP contribution is 2.61. The van der Waals surface area contributed by atoms with Crippen LogP contribution in [0, 0.1) is 0 Å². The molecule has 38 heavy (non-hydrogen) atoms. The number of pyridine rings is 1. The molecule has 0 fully saturated rings. The molecule has 198 valence electrons. The molecule has 10 heteroatoms. The van der Waals surface area contributed by atoms with Gasteiger partial charge in [-0.05, 0) is 85.2 Å². The summed E-state index contributed by atoms with van der Waals surface area (Å²) in [7, 11) is -3.38. The topological polar surface area (TPSA) is 103 Å². The number of benzene rings is 2. The molecular formula is C28H28ClN3O5S. The van der Waals surface area contributed by atoms with Gasteiger partial charge in [-0.1, -0.05) is 29.8 Å². The summed E-state index contributed by atoms with van der Waals surface area (Å²) in [5, 5.41) is 18.2. The van der Waals surface area contributed by atoms with Crippen molar-refractivity contribution in [1.82, 2.24) is 9.29 Å². The predicted molar refractivity (Wildman–Crippen MR) is 150 cm³/mol. The van der Waals surface area contributed by atoms with Gasteiger partial charge in [0.1, 0.15) is 16.1 Å². The zero-order valence-electron chi connectivity index (χ0n) is 20.6. The average Bonchev–Trinajstić information content (AvgIpc) is 3.32. The van der Waals surface area contributed by atoms with Gasteiger partial charge in [-0.25, -0.2) is 9.59 Å². The van der Waals surface area contributed by atoms with Gasteiger partial charge in [0.15, 0.2) is 0 Å². The summed E-state index contributed by atoms with van der Waals surface area (Å²) >= 11 is 6.01. The van der Waals surface area contributed by atoms with Crippen LogP contribution in [-0.4, -0.2) is 42.8 Å². The highest BCUT2D eigenvalue weighted by Gasteiger charge is 2.53. The van der Waals surface area contributed by atoms with Gasteiger partial charge in [0.05, 0.1) is 11.8 Å². The summed E-state index contributed by atoms with van der Waals surface area (Å²) < 4.78 is 9.07. The normalized spacial score (nSPS) is 18.5. The van der Waals surface area contributed by atoms with E-state index in [1.807, 2.05) is 30.3 Å². The minimum atomic E-state index is -3.38. The number of fused-ring (bicyclic) bond motifs is 1. The average molecular weight is 554 g/mol. The lowest BCUT2D eigenvalue weighted by molar-refractivity contribution is 0.160. The first-order chi connectivity index (χ1) is 18.4. The van der Waals surface area contributed by atoms with Crippen LogP contribution in [0.15, 0.2) is 79.4 Å². The van der Waals surface area contributed by atoms with Crippen molar-refractivity contribution >= 4 is 38.3 Å². The van der Waals surface area contributed by atoms with Crippen LogP contribution in [-0.2, 0) is 6.42 Å². The zero-order valence-corrected chi connectivity index (χ0v) is 22.1. The Morgan fingerprint density at radius 1 is 0.974 bits per heavy atom. The fraction of sp³-hybridized carbons (Fsp3) is 0.250. The zero-order chi connectivity index (χ0) is 26.7. The predicted octanol–water partition coefficient (Wildman–Crippen LogP) is 7.55. The Morgan fingerprint density at radius 2 is 1.68 bits per heavy atom. The largest absolute Gasteiger partial charge is 0.490 e. The number of nitrogens with zero attached hydrogens (tertiary/aromatic N) is 3. The molecular weight excluding hydrogens is 526 g/mol. The van der Waals surface area contributed by atoms with Gasteiger partial charge in [-0.2, -0.15) is 0 Å². The molecule has 1 aromatic heterocycles. The standard InChI is InChI=1S/C28H28ClN3O5S/c29-23-8-4-20(5-9-23)21-7-11-26-22(19-21)6-10-25(37-26)3-1-2-16-31-17-18-32(24-12-14-30-15-13-24)38(31,27(33)34)28(35)36/h4-5,7-9,11-15,17-19,25H,1-3,6,10,16H2,(H,33,34)(H,35,36). The van der Waals surface area contributed by atoms with Gasteiger partial charge in [-0.15, -0.1) is 0 Å². The van der Waals surface area contributed by atoms with Crippen LogP contribution in [0.5, 0.6) is 5.75 Å². The van der Waals surface area contributed by atoms with E-state index in [0.29, 0.717) is 23.7 Å². The van der Waals surface area contributed by atoms with Gasteiger partial charge < -0.3 is 19.3 Å². The smallest absolute Gasteiger partial charge is 0.393 e. The molecule has 3 heterocycles. The third-order valence-corrected chi connectivity index (χ3v) is 9.93. The van der Waals surface area contributed by atoms with Crippen molar-refractivity contribution in [3.8, 4) is 16.9 Å². The number of halogens is 1. The summed E-state index contributed by atoms with van der Waals surface area (Å²) in [6.45, 7) is 0.319. The Balaban J connectivity index is 1.18. The van der Waals surface area contributed by atoms with E-state index < -0.39 is 21.0 Å². The fourth-order valence-electron chi connectivity index (χ4n) is 4.91. The van der Waals surface area contributed by atoms with Gasteiger partial charge in [0.25, 0.3) is 0 Å². The molecule has 2 aliphatic heterocycles. The quantitative estimate of drug-likeness (QED) is 0.289. The van der Waals surface area contributed by atoms with Crippen LogP contribution in [0.25, 0.3) is 11.1 Å². The molecule has 0 saturated heterocycles. The second-order valence-corrected chi connectivity index (χ2v) is 12.2. The fourth-order valence-corrected chi connectivity index (χ4v) is 7.43. The third-order valence-electron chi connectivity index (χ3n) is 6.82. The Kier molecular flexibility index (Phi) is 7.49. The number of carbonyl (C=O) groups is 2. The lowest BCUT2D eigenvalue weighted by atomic mass is 9.95. The highest BCUT2D eigenvalue weighted by molar-refractivity contribution is 8.54. The molecule has 2 aliphatic rings. The van der Waals surface area contributed by atoms with Crippen LogP contribution in [0.4, 0.5) is 15.3 Å². The number of aromatic nitrogens is 1. The third kappa shape index (κ3) is 4.91. The van der Waals surface area contributed by atoms with Gasteiger partial charge in [-0.3, -0.25) is 9.29 Å². The van der Waals surface area contributed by atoms with Crippen molar-refractivity contribution in [3.05, 3.63) is 90.0 Å². The number of rotatable bonds is 7. The summed E-state index contributed by atoms with van der Waals surface area (Å²) in [6.07, 6.45) is 10.3. The Hall–Kier alpha value is -3.69. The molecule has 2 N–H and O–H groups in total. The van der Waals surface area contributed by atoms with Crippen molar-refractivity contribution in [2.24, 2.45) is 0 Å². The van der Waals surface area contributed by atoms with Crippen LogP contribution in [0.1, 0.15) is 31.2 Å². The SMILES string of the molecule is O=C(O)S1(C(=O)O)N(CCCCC2CCc3cc(-c4ccc(Cl)cc4)ccc3O2)C=CN1c1ccncc1. The van der Waals surface area contributed by atoms with Gasteiger partial charge in [0, 0.05) is 36.4 Å². The Morgan fingerprint density at radius 3 is 2.39 bits per heavy atom. The van der Waals surface area contributed by atoms with Crippen molar-refractivity contribution in [1.29, 1.82) is 0 Å². The van der Waals surface area contributed by atoms with Crippen molar-refractivity contribution in [2.75, 3.05) is 10.8 Å². The molecule has 1 atom stereocenters. The maximum atomic E-state index is 12.4. The first-order valence-electron chi connectivity index (χ1n) is 12.4. The van der Waals surface area contributed by atoms with Crippen LogP contribution >= 0.6 is 22.0 Å². The lowest BCUT2D eigenvalue weighted by Gasteiger charge is -2.42. The Bertz CT molecular complexity index is 1340. The van der Waals surface area contributed by atoms with E-state index in [4.69, 9.17) is 16.3 Å². The maximum absolute atomic E-state index is 12.4. The Labute approximate surface area is 227 Å². The first kappa shape index (κ1) is 25.9. The van der Waals surface area contributed by atoms with E-state index in [-0.39, 0.29) is 6.10 Å². The summed E-state index contributed by atoms with van der Waals surface area (Å²) in [6, 6.07) is 17.2. The number of carboxylic acid groups (broad SMARTS) is 2. The van der Waals surface area contributed by atoms with E-state index in [1.165, 1.54) is 32.8 Å².